The molecule has 102 valence electrons. The molecule has 0 aliphatic rings. The lowest BCUT2D eigenvalue weighted by molar-refractivity contribution is 0.0570. The van der Waals surface area contributed by atoms with Crippen LogP contribution in [0.25, 0.3) is 0 Å². The third-order valence-electron chi connectivity index (χ3n) is 3.00. The number of hydrogen-bond donors (Lipinski definition) is 1. The van der Waals surface area contributed by atoms with Crippen LogP contribution < -0.4 is 0 Å². The molecule has 1 atom stereocenters. The Balaban J connectivity index is 2.59. The third kappa shape index (κ3) is 4.27. The molecule has 0 radical (unpaired) electrons. The summed E-state index contributed by atoms with van der Waals surface area (Å²) < 4.78 is 18.4. The van der Waals surface area contributed by atoms with Crippen molar-refractivity contribution in [3.63, 3.8) is 0 Å². The lowest BCUT2D eigenvalue weighted by atomic mass is 10.1. The molecule has 3 nitrogen and oxygen atoms in total. The van der Waals surface area contributed by atoms with E-state index >= 15 is 0 Å². The van der Waals surface area contributed by atoms with E-state index in [4.69, 9.17) is 4.74 Å². The number of aromatic hydroxyl groups is 1. The van der Waals surface area contributed by atoms with Crippen molar-refractivity contribution in [1.82, 2.24) is 4.90 Å². The first-order valence-electron chi connectivity index (χ1n) is 6.22. The second kappa shape index (κ2) is 6.71. The summed E-state index contributed by atoms with van der Waals surface area (Å²) >= 11 is 0. The highest BCUT2D eigenvalue weighted by atomic mass is 19.1. The number of halogens is 1. The molecule has 1 aromatic carbocycles. The van der Waals surface area contributed by atoms with Crippen molar-refractivity contribution in [1.29, 1.82) is 0 Å². The van der Waals surface area contributed by atoms with Crippen LogP contribution in [0.15, 0.2) is 18.2 Å². The zero-order valence-electron chi connectivity index (χ0n) is 11.5. The number of rotatable bonds is 6. The number of nitrogens with zero attached hydrogens (tertiary/aromatic N) is 1. The summed E-state index contributed by atoms with van der Waals surface area (Å²) in [6.45, 7) is 7.36. The summed E-state index contributed by atoms with van der Waals surface area (Å²) in [4.78, 5) is 2.06. The number of ether oxygens (including phenoxy) is 1. The van der Waals surface area contributed by atoms with Crippen molar-refractivity contribution in [2.75, 3.05) is 20.2 Å². The smallest absolute Gasteiger partial charge is 0.126 e. The molecular weight excluding hydrogens is 233 g/mol. The Hall–Kier alpha value is -1.13. The Labute approximate surface area is 108 Å². The molecular formula is C14H22FNO2. The van der Waals surface area contributed by atoms with Crippen molar-refractivity contribution in [3.8, 4) is 5.75 Å². The number of hydrogen-bond acceptors (Lipinski definition) is 3. The van der Waals surface area contributed by atoms with Gasteiger partial charge in [-0.25, -0.2) is 4.39 Å². The first kappa shape index (κ1) is 14.9. The van der Waals surface area contributed by atoms with Crippen molar-refractivity contribution in [3.05, 3.63) is 29.6 Å². The molecule has 0 amide bonds. The number of phenols is 1. The predicted molar refractivity (Wildman–Crippen MR) is 70.2 cm³/mol. The van der Waals surface area contributed by atoms with Crippen LogP contribution in [-0.4, -0.2) is 36.3 Å². The van der Waals surface area contributed by atoms with E-state index in [2.05, 4.69) is 4.90 Å². The van der Waals surface area contributed by atoms with Gasteiger partial charge in [0.2, 0.25) is 0 Å². The number of phenolic OH excluding ortho intramolecular Hbond substituents is 1. The summed E-state index contributed by atoms with van der Waals surface area (Å²) in [5.74, 6) is -0.423. The van der Waals surface area contributed by atoms with E-state index in [1.165, 1.54) is 6.07 Å². The Morgan fingerprint density at radius 1 is 1.33 bits per heavy atom. The highest BCUT2D eigenvalue weighted by Crippen LogP contribution is 2.27. The Kier molecular flexibility index (Phi) is 5.56. The molecule has 0 spiro atoms. The maximum atomic E-state index is 12.9. The molecule has 1 N–H and O–H groups in total. The molecule has 0 aliphatic carbocycles. The normalized spacial score (nSPS) is 13.3. The Morgan fingerprint density at radius 2 is 2.00 bits per heavy atom. The fraction of sp³-hybridized carbons (Fsp3) is 0.571. The summed E-state index contributed by atoms with van der Waals surface area (Å²) in [7, 11) is 1.96. The van der Waals surface area contributed by atoms with Gasteiger partial charge in [-0.15, -0.1) is 0 Å². The SMILES string of the molecule is CC(C)OCCN(C)C(C)c1ccc(F)cc1O. The van der Waals surface area contributed by atoms with Crippen LogP contribution in [0.4, 0.5) is 4.39 Å². The maximum absolute atomic E-state index is 12.9. The average Bonchev–Trinajstić information content (AvgIpc) is 2.27. The largest absolute Gasteiger partial charge is 0.508 e. The first-order valence-corrected chi connectivity index (χ1v) is 6.22. The molecule has 18 heavy (non-hydrogen) atoms. The highest BCUT2D eigenvalue weighted by Gasteiger charge is 2.15. The van der Waals surface area contributed by atoms with Gasteiger partial charge in [0.1, 0.15) is 11.6 Å². The molecule has 4 heteroatoms. The first-order chi connectivity index (χ1) is 8.41. The zero-order valence-corrected chi connectivity index (χ0v) is 11.5. The zero-order chi connectivity index (χ0) is 13.7. The van der Waals surface area contributed by atoms with E-state index in [1.54, 1.807) is 6.07 Å². The number of benzene rings is 1. The molecule has 1 unspecified atom stereocenters. The van der Waals surface area contributed by atoms with Crippen LogP contribution in [-0.2, 0) is 4.74 Å². The Bertz CT molecular complexity index is 382. The highest BCUT2D eigenvalue weighted by molar-refractivity contribution is 5.34. The molecule has 1 aromatic rings. The Morgan fingerprint density at radius 3 is 2.56 bits per heavy atom. The molecule has 0 aromatic heterocycles. The average molecular weight is 255 g/mol. The van der Waals surface area contributed by atoms with Crippen molar-refractivity contribution in [2.24, 2.45) is 0 Å². The van der Waals surface area contributed by atoms with E-state index < -0.39 is 5.82 Å². The number of likely N-dealkylation sites (N-methyl/N-ethyl adjacent to an activating group) is 1. The minimum Gasteiger partial charge on any atom is -0.508 e. The van der Waals surface area contributed by atoms with Crippen LogP contribution in [0.1, 0.15) is 32.4 Å². The summed E-state index contributed by atoms with van der Waals surface area (Å²) in [6, 6.07) is 4.14. The topological polar surface area (TPSA) is 32.7 Å². The molecule has 0 saturated heterocycles. The molecule has 0 heterocycles. The van der Waals surface area contributed by atoms with Gasteiger partial charge in [0.05, 0.1) is 12.7 Å². The monoisotopic (exact) mass is 255 g/mol. The lowest BCUT2D eigenvalue weighted by Gasteiger charge is -2.25. The minimum absolute atomic E-state index is 0.000807. The molecule has 0 bridgehead atoms. The summed E-state index contributed by atoms with van der Waals surface area (Å²) in [5.41, 5.74) is 0.725. The van der Waals surface area contributed by atoms with Gasteiger partial charge in [0, 0.05) is 24.2 Å². The van der Waals surface area contributed by atoms with Gasteiger partial charge >= 0.3 is 0 Å². The van der Waals surface area contributed by atoms with E-state index in [0.717, 1.165) is 18.2 Å². The molecule has 0 aliphatic heterocycles. The fourth-order valence-electron chi connectivity index (χ4n) is 1.73. The fourth-order valence-corrected chi connectivity index (χ4v) is 1.73. The minimum atomic E-state index is -0.422. The van der Waals surface area contributed by atoms with E-state index in [1.807, 2.05) is 27.8 Å². The summed E-state index contributed by atoms with van der Waals surface area (Å²) in [6.07, 6.45) is 0.216. The van der Waals surface area contributed by atoms with Gasteiger partial charge in [-0.2, -0.15) is 0 Å². The van der Waals surface area contributed by atoms with Gasteiger partial charge in [-0.05, 0) is 33.9 Å². The van der Waals surface area contributed by atoms with E-state index in [9.17, 15) is 9.50 Å². The maximum Gasteiger partial charge on any atom is 0.126 e. The quantitative estimate of drug-likeness (QED) is 0.848. The van der Waals surface area contributed by atoms with Gasteiger partial charge in [-0.3, -0.25) is 4.90 Å². The molecule has 0 fully saturated rings. The van der Waals surface area contributed by atoms with Crippen LogP contribution in [0.3, 0.4) is 0 Å². The van der Waals surface area contributed by atoms with Gasteiger partial charge in [-0.1, -0.05) is 6.07 Å². The van der Waals surface area contributed by atoms with Crippen LogP contribution in [0.2, 0.25) is 0 Å². The van der Waals surface area contributed by atoms with Crippen molar-refractivity contribution < 1.29 is 14.2 Å². The predicted octanol–water partition coefficient (Wildman–Crippen LogP) is 2.95. The van der Waals surface area contributed by atoms with Crippen LogP contribution >= 0.6 is 0 Å². The molecule has 1 rings (SSSR count). The molecule has 0 saturated carbocycles. The summed E-state index contributed by atoms with van der Waals surface area (Å²) in [5, 5.41) is 9.73. The van der Waals surface area contributed by atoms with Crippen LogP contribution in [0.5, 0.6) is 5.75 Å². The van der Waals surface area contributed by atoms with E-state index in [0.29, 0.717) is 6.61 Å². The van der Waals surface area contributed by atoms with E-state index in [-0.39, 0.29) is 17.9 Å². The van der Waals surface area contributed by atoms with Gasteiger partial charge < -0.3 is 9.84 Å². The second-order valence-corrected chi connectivity index (χ2v) is 4.78. The van der Waals surface area contributed by atoms with Gasteiger partial charge in [0.25, 0.3) is 0 Å². The van der Waals surface area contributed by atoms with Crippen molar-refractivity contribution in [2.45, 2.75) is 32.9 Å². The van der Waals surface area contributed by atoms with Gasteiger partial charge in [0.15, 0.2) is 0 Å². The van der Waals surface area contributed by atoms with Crippen molar-refractivity contribution >= 4 is 0 Å². The standard InChI is InChI=1S/C14H22FNO2/c1-10(2)18-8-7-16(4)11(3)13-6-5-12(15)9-14(13)17/h5-6,9-11,17H,7-8H2,1-4H3. The van der Waals surface area contributed by atoms with Crippen LogP contribution in [0, 0.1) is 5.82 Å². The second-order valence-electron chi connectivity index (χ2n) is 4.78. The lowest BCUT2D eigenvalue weighted by Crippen LogP contribution is -2.27. The third-order valence-corrected chi connectivity index (χ3v) is 3.00.